The lowest BCUT2D eigenvalue weighted by Crippen LogP contribution is -2.43. The van der Waals surface area contributed by atoms with Gasteiger partial charge >= 0.3 is 0 Å². The Hall–Kier alpha value is -3.65. The summed E-state index contributed by atoms with van der Waals surface area (Å²) in [5.74, 6) is -0.156. The Bertz CT molecular complexity index is 1170. The molecule has 2 amide bonds. The Labute approximate surface area is 211 Å². The van der Waals surface area contributed by atoms with Crippen molar-refractivity contribution in [3.05, 3.63) is 83.6 Å². The van der Waals surface area contributed by atoms with Crippen LogP contribution >= 0.6 is 0 Å². The minimum absolute atomic E-state index is 0.000175. The quantitative estimate of drug-likeness (QED) is 0.464. The van der Waals surface area contributed by atoms with E-state index < -0.39 is 11.7 Å². The van der Waals surface area contributed by atoms with E-state index in [1.807, 2.05) is 43.0 Å². The summed E-state index contributed by atoms with van der Waals surface area (Å²) in [6.07, 6.45) is 3.26. The molecule has 0 bridgehead atoms. The van der Waals surface area contributed by atoms with E-state index in [2.05, 4.69) is 4.90 Å². The molecule has 2 N–H and O–H groups in total. The number of hydrogen-bond acceptors (Lipinski definition) is 5. The van der Waals surface area contributed by atoms with Crippen molar-refractivity contribution < 1.29 is 18.4 Å². The van der Waals surface area contributed by atoms with Crippen LogP contribution in [0, 0.1) is 5.82 Å². The second-order valence-corrected chi connectivity index (χ2v) is 9.01. The van der Waals surface area contributed by atoms with Gasteiger partial charge in [0.25, 0.3) is 5.91 Å². The maximum atomic E-state index is 15.2. The van der Waals surface area contributed by atoms with Crippen molar-refractivity contribution in [1.29, 1.82) is 0 Å². The van der Waals surface area contributed by atoms with Crippen LogP contribution in [0.2, 0.25) is 0 Å². The number of nitrogens with two attached hydrogens (primary N) is 1. The number of piperidine rings is 1. The van der Waals surface area contributed by atoms with Gasteiger partial charge in [-0.15, -0.1) is 0 Å². The van der Waals surface area contributed by atoms with E-state index in [9.17, 15) is 9.59 Å². The summed E-state index contributed by atoms with van der Waals surface area (Å²) >= 11 is 0. The largest absolute Gasteiger partial charge is 0.468 e. The fourth-order valence-electron chi connectivity index (χ4n) is 4.81. The molecule has 190 valence electrons. The van der Waals surface area contributed by atoms with Gasteiger partial charge in [0.1, 0.15) is 11.6 Å². The third kappa shape index (κ3) is 5.60. The predicted molar refractivity (Wildman–Crippen MR) is 138 cm³/mol. The fourth-order valence-corrected chi connectivity index (χ4v) is 4.81. The van der Waals surface area contributed by atoms with Crippen molar-refractivity contribution in [2.45, 2.75) is 39.3 Å². The lowest BCUT2D eigenvalue weighted by atomic mass is 9.99. The predicted octanol–water partition coefficient (Wildman–Crippen LogP) is 4.80. The van der Waals surface area contributed by atoms with Crippen LogP contribution in [0.15, 0.2) is 65.3 Å². The number of carbonyl (C=O) groups excluding carboxylic acids is 2. The molecule has 2 heterocycles. The van der Waals surface area contributed by atoms with Crippen LogP contribution in [0.1, 0.15) is 53.2 Å². The molecule has 1 fully saturated rings. The zero-order chi connectivity index (χ0) is 25.7. The Morgan fingerprint density at radius 1 is 1.03 bits per heavy atom. The molecule has 1 aliphatic rings. The molecule has 0 spiro atoms. The second kappa shape index (κ2) is 11.4. The van der Waals surface area contributed by atoms with Gasteiger partial charge in [0.15, 0.2) is 0 Å². The monoisotopic (exact) mass is 492 g/mol. The summed E-state index contributed by atoms with van der Waals surface area (Å²) in [6, 6.07) is 15.3. The number of carbonyl (C=O) groups is 2. The van der Waals surface area contributed by atoms with Gasteiger partial charge in [0, 0.05) is 49.0 Å². The number of halogens is 1. The fraction of sp³-hybridized carbons (Fsp3) is 0.357. The van der Waals surface area contributed by atoms with Crippen molar-refractivity contribution in [3.8, 4) is 0 Å². The molecule has 0 saturated carbocycles. The highest BCUT2D eigenvalue weighted by atomic mass is 19.1. The molecular weight excluding hydrogens is 459 g/mol. The van der Waals surface area contributed by atoms with Gasteiger partial charge in [0.2, 0.25) is 5.91 Å². The van der Waals surface area contributed by atoms with Crippen LogP contribution in [0.5, 0.6) is 0 Å². The van der Waals surface area contributed by atoms with Gasteiger partial charge in [-0.25, -0.2) is 4.39 Å². The average Bonchev–Trinajstić information content (AvgIpc) is 3.40. The van der Waals surface area contributed by atoms with Gasteiger partial charge in [-0.2, -0.15) is 0 Å². The summed E-state index contributed by atoms with van der Waals surface area (Å²) in [5.41, 5.74) is 7.40. The molecule has 1 saturated heterocycles. The Balaban J connectivity index is 1.63. The van der Waals surface area contributed by atoms with Gasteiger partial charge in [-0.3, -0.25) is 14.5 Å². The smallest absolute Gasteiger partial charge is 0.253 e. The first kappa shape index (κ1) is 25.4. The lowest BCUT2D eigenvalue weighted by Gasteiger charge is -2.40. The zero-order valence-electron chi connectivity index (χ0n) is 20.8. The normalized spacial score (nSPS) is 14.5. The number of primary amides is 1. The topological polar surface area (TPSA) is 83.0 Å². The third-order valence-electron chi connectivity index (χ3n) is 6.82. The number of hydrogen-bond donors (Lipinski definition) is 1. The van der Waals surface area contributed by atoms with Crippen LogP contribution in [-0.2, 0) is 6.54 Å². The van der Waals surface area contributed by atoms with E-state index in [0.717, 1.165) is 43.9 Å². The van der Waals surface area contributed by atoms with Gasteiger partial charge in [0.05, 0.1) is 18.5 Å². The molecular formula is C28H33FN4O3. The summed E-state index contributed by atoms with van der Waals surface area (Å²) in [4.78, 5) is 30.7. The standard InChI is InChI=1S/C28H33FN4O3/c1-3-32(4-2)28(35)20-7-10-22(11-8-20)33(26-18-21(27(30)34)9-12-25(26)29)23-13-15-31(16-14-23)19-24-6-5-17-36-24/h5-12,17-18,23H,3-4,13-16,19H2,1-2H3,(H2,30,34). The molecule has 0 atom stereocenters. The average molecular weight is 493 g/mol. The second-order valence-electron chi connectivity index (χ2n) is 9.01. The number of benzene rings is 2. The number of likely N-dealkylation sites (tertiary alicyclic amines) is 1. The van der Waals surface area contributed by atoms with Gasteiger partial charge in [-0.05, 0) is 81.3 Å². The van der Waals surface area contributed by atoms with Gasteiger partial charge in [-0.1, -0.05) is 0 Å². The number of furan rings is 1. The number of nitrogens with zero attached hydrogens (tertiary/aromatic N) is 3. The van der Waals surface area contributed by atoms with Crippen molar-refractivity contribution >= 4 is 23.2 Å². The Morgan fingerprint density at radius 2 is 1.69 bits per heavy atom. The molecule has 1 aliphatic heterocycles. The molecule has 8 heteroatoms. The van der Waals surface area contributed by atoms with E-state index in [0.29, 0.717) is 24.3 Å². The first-order chi connectivity index (χ1) is 17.4. The van der Waals surface area contributed by atoms with Crippen LogP contribution < -0.4 is 10.6 Å². The minimum Gasteiger partial charge on any atom is -0.468 e. The summed E-state index contributed by atoms with van der Waals surface area (Å²) < 4.78 is 20.7. The highest BCUT2D eigenvalue weighted by Gasteiger charge is 2.29. The SMILES string of the molecule is CCN(CC)C(=O)c1ccc(N(c2cc(C(N)=O)ccc2F)C2CCN(Cc3ccco3)CC2)cc1. The number of rotatable bonds is 9. The highest BCUT2D eigenvalue weighted by molar-refractivity contribution is 5.95. The van der Waals surface area contributed by atoms with Crippen LogP contribution in [0.4, 0.5) is 15.8 Å². The van der Waals surface area contributed by atoms with Crippen molar-refractivity contribution in [3.63, 3.8) is 0 Å². The maximum absolute atomic E-state index is 15.2. The molecule has 4 rings (SSSR count). The van der Waals surface area contributed by atoms with Crippen molar-refractivity contribution in [2.24, 2.45) is 5.73 Å². The van der Waals surface area contributed by atoms with E-state index in [1.54, 1.807) is 23.3 Å². The molecule has 7 nitrogen and oxygen atoms in total. The van der Waals surface area contributed by atoms with E-state index in [-0.39, 0.29) is 17.5 Å². The summed E-state index contributed by atoms with van der Waals surface area (Å²) in [5, 5.41) is 0. The first-order valence-electron chi connectivity index (χ1n) is 12.4. The highest BCUT2D eigenvalue weighted by Crippen LogP contribution is 2.35. The molecule has 36 heavy (non-hydrogen) atoms. The number of anilines is 2. The molecule has 0 radical (unpaired) electrons. The van der Waals surface area contributed by atoms with Crippen LogP contribution in [-0.4, -0.2) is 53.8 Å². The number of amides is 2. The molecule has 2 aromatic carbocycles. The minimum atomic E-state index is -0.607. The first-order valence-corrected chi connectivity index (χ1v) is 12.4. The molecule has 0 aliphatic carbocycles. The van der Waals surface area contributed by atoms with E-state index in [1.165, 1.54) is 18.2 Å². The van der Waals surface area contributed by atoms with E-state index >= 15 is 4.39 Å². The lowest BCUT2D eigenvalue weighted by molar-refractivity contribution is 0.0772. The summed E-state index contributed by atoms with van der Waals surface area (Å²) in [6.45, 7) is 7.52. The van der Waals surface area contributed by atoms with E-state index in [4.69, 9.17) is 10.2 Å². The van der Waals surface area contributed by atoms with Gasteiger partial charge < -0.3 is 20.0 Å². The van der Waals surface area contributed by atoms with Crippen molar-refractivity contribution in [2.75, 3.05) is 31.1 Å². The maximum Gasteiger partial charge on any atom is 0.253 e. The van der Waals surface area contributed by atoms with Crippen LogP contribution in [0.25, 0.3) is 0 Å². The molecule has 3 aromatic rings. The molecule has 0 unspecified atom stereocenters. The summed E-state index contributed by atoms with van der Waals surface area (Å²) in [7, 11) is 0. The molecule has 1 aromatic heterocycles. The Kier molecular flexibility index (Phi) is 8.05. The van der Waals surface area contributed by atoms with Crippen molar-refractivity contribution in [1.82, 2.24) is 9.80 Å². The zero-order valence-corrected chi connectivity index (χ0v) is 20.8. The van der Waals surface area contributed by atoms with Crippen LogP contribution in [0.3, 0.4) is 0 Å². The third-order valence-corrected chi connectivity index (χ3v) is 6.82. The Morgan fingerprint density at radius 3 is 2.28 bits per heavy atom.